The molecule has 128 valence electrons. The van der Waals surface area contributed by atoms with Crippen LogP contribution in [0, 0.1) is 11.8 Å². The van der Waals surface area contributed by atoms with Crippen LogP contribution in [0.25, 0.3) is 0 Å². The van der Waals surface area contributed by atoms with E-state index in [0.29, 0.717) is 12.2 Å². The molecule has 0 bridgehead atoms. The first-order valence-electron chi connectivity index (χ1n) is 9.64. The van der Waals surface area contributed by atoms with E-state index in [-0.39, 0.29) is 0 Å². The maximum atomic E-state index is 6.56. The third-order valence-electron chi connectivity index (χ3n) is 4.28. The topological polar surface area (TPSA) is 9.23 Å². The van der Waals surface area contributed by atoms with E-state index in [4.69, 9.17) is 4.74 Å². The number of unbranched alkanes of at least 4 members (excludes halogenated alkanes) is 2. The second-order valence-corrected chi connectivity index (χ2v) is 7.61. The van der Waals surface area contributed by atoms with Crippen molar-refractivity contribution in [1.29, 1.82) is 0 Å². The van der Waals surface area contributed by atoms with Crippen molar-refractivity contribution in [1.82, 2.24) is 0 Å². The Morgan fingerprint density at radius 2 is 0.952 bits per heavy atom. The summed E-state index contributed by atoms with van der Waals surface area (Å²) in [5, 5.41) is 0. The van der Waals surface area contributed by atoms with Crippen molar-refractivity contribution in [3.63, 3.8) is 0 Å². The highest BCUT2D eigenvalue weighted by atomic mass is 16.5. The third-order valence-corrected chi connectivity index (χ3v) is 4.28. The molecule has 2 atom stereocenters. The fourth-order valence-electron chi connectivity index (χ4n) is 2.74. The monoisotopic (exact) mass is 298 g/mol. The lowest BCUT2D eigenvalue weighted by Crippen LogP contribution is -2.23. The van der Waals surface area contributed by atoms with E-state index in [1.54, 1.807) is 0 Å². The van der Waals surface area contributed by atoms with E-state index < -0.39 is 0 Å². The molecule has 2 unspecified atom stereocenters. The number of hydrogen-bond acceptors (Lipinski definition) is 1. The summed E-state index contributed by atoms with van der Waals surface area (Å²) in [6, 6.07) is 0. The van der Waals surface area contributed by atoms with Crippen LogP contribution in [0.3, 0.4) is 0 Å². The van der Waals surface area contributed by atoms with E-state index in [2.05, 4.69) is 41.5 Å². The van der Waals surface area contributed by atoms with Gasteiger partial charge in [-0.2, -0.15) is 0 Å². The molecular formula is C20H42O. The lowest BCUT2D eigenvalue weighted by Gasteiger charge is -2.26. The highest BCUT2D eigenvalue weighted by Gasteiger charge is 2.17. The van der Waals surface area contributed by atoms with Gasteiger partial charge in [-0.1, -0.05) is 67.2 Å². The Morgan fingerprint density at radius 1 is 0.571 bits per heavy atom. The average Bonchev–Trinajstić information content (AvgIpc) is 2.43. The first-order valence-corrected chi connectivity index (χ1v) is 9.64. The van der Waals surface area contributed by atoms with Gasteiger partial charge in [-0.05, 0) is 50.4 Å². The van der Waals surface area contributed by atoms with Gasteiger partial charge in [0.25, 0.3) is 0 Å². The van der Waals surface area contributed by atoms with Crippen LogP contribution in [0.5, 0.6) is 0 Å². The zero-order valence-corrected chi connectivity index (χ0v) is 15.8. The van der Waals surface area contributed by atoms with Gasteiger partial charge in [-0.15, -0.1) is 0 Å². The molecule has 0 aliphatic carbocycles. The number of ether oxygens (including phenoxy) is 1. The summed E-state index contributed by atoms with van der Waals surface area (Å²) in [5.74, 6) is 1.59. The molecule has 0 aliphatic rings. The fraction of sp³-hybridized carbons (Fsp3) is 1.00. The normalized spacial score (nSPS) is 14.9. The third kappa shape index (κ3) is 13.4. The summed E-state index contributed by atoms with van der Waals surface area (Å²) in [5.41, 5.74) is 0. The molecule has 0 aromatic carbocycles. The molecule has 0 aromatic rings. The lowest BCUT2D eigenvalue weighted by molar-refractivity contribution is -0.0341. The molecule has 0 amide bonds. The van der Waals surface area contributed by atoms with Crippen molar-refractivity contribution >= 4 is 0 Å². The fourth-order valence-corrected chi connectivity index (χ4v) is 2.74. The van der Waals surface area contributed by atoms with E-state index in [1.807, 2.05) is 0 Å². The molecule has 0 aromatic heterocycles. The van der Waals surface area contributed by atoms with E-state index in [0.717, 1.165) is 11.8 Å². The molecule has 21 heavy (non-hydrogen) atoms. The summed E-state index contributed by atoms with van der Waals surface area (Å²) < 4.78 is 6.56. The molecule has 0 fully saturated rings. The quantitative estimate of drug-likeness (QED) is 0.335. The zero-order valence-electron chi connectivity index (χ0n) is 15.8. The highest BCUT2D eigenvalue weighted by Crippen LogP contribution is 2.22. The van der Waals surface area contributed by atoms with Crippen LogP contribution < -0.4 is 0 Å². The maximum absolute atomic E-state index is 6.56. The molecule has 0 saturated carbocycles. The molecule has 1 nitrogen and oxygen atoms in total. The van der Waals surface area contributed by atoms with Crippen LogP contribution in [0.1, 0.15) is 106 Å². The Kier molecular flexibility index (Phi) is 13.6. The largest absolute Gasteiger partial charge is 0.375 e. The first-order chi connectivity index (χ1) is 9.99. The van der Waals surface area contributed by atoms with Gasteiger partial charge in [0.2, 0.25) is 0 Å². The smallest absolute Gasteiger partial charge is 0.0579 e. The lowest BCUT2D eigenvalue weighted by atomic mass is 9.99. The minimum absolute atomic E-state index is 0.501. The van der Waals surface area contributed by atoms with Gasteiger partial charge in [-0.3, -0.25) is 0 Å². The van der Waals surface area contributed by atoms with E-state index >= 15 is 0 Å². The SMILES string of the molecule is CCCCC(CCC(C)C)OC(CCCC)CCC(C)C. The summed E-state index contributed by atoms with van der Waals surface area (Å²) in [4.78, 5) is 0. The van der Waals surface area contributed by atoms with Gasteiger partial charge < -0.3 is 4.74 Å². The zero-order chi connectivity index (χ0) is 16.1. The number of hydrogen-bond donors (Lipinski definition) is 0. The molecule has 0 aliphatic heterocycles. The second-order valence-electron chi connectivity index (χ2n) is 7.61. The van der Waals surface area contributed by atoms with Crippen LogP contribution in [-0.2, 0) is 4.74 Å². The van der Waals surface area contributed by atoms with Crippen molar-refractivity contribution < 1.29 is 4.74 Å². The van der Waals surface area contributed by atoms with Crippen molar-refractivity contribution in [3.8, 4) is 0 Å². The molecule has 0 N–H and O–H groups in total. The Morgan fingerprint density at radius 3 is 1.24 bits per heavy atom. The van der Waals surface area contributed by atoms with Gasteiger partial charge >= 0.3 is 0 Å². The van der Waals surface area contributed by atoms with Crippen molar-refractivity contribution in [2.75, 3.05) is 0 Å². The second kappa shape index (κ2) is 13.6. The number of rotatable bonds is 14. The molecule has 0 radical (unpaired) electrons. The minimum Gasteiger partial charge on any atom is -0.375 e. The molecule has 0 rings (SSSR count). The van der Waals surface area contributed by atoms with Crippen LogP contribution in [0.4, 0.5) is 0 Å². The van der Waals surface area contributed by atoms with Crippen molar-refractivity contribution in [3.05, 3.63) is 0 Å². The van der Waals surface area contributed by atoms with E-state index in [9.17, 15) is 0 Å². The summed E-state index contributed by atoms with van der Waals surface area (Å²) >= 11 is 0. The molecule has 1 heteroatoms. The van der Waals surface area contributed by atoms with Gasteiger partial charge in [0.15, 0.2) is 0 Å². The molecule has 0 heterocycles. The van der Waals surface area contributed by atoms with Gasteiger partial charge in [-0.25, -0.2) is 0 Å². The van der Waals surface area contributed by atoms with Crippen molar-refractivity contribution in [2.24, 2.45) is 11.8 Å². The standard InChI is InChI=1S/C20H42O/c1-7-9-11-19(15-13-17(3)4)21-20(12-10-8-2)16-14-18(5)6/h17-20H,7-16H2,1-6H3. The Balaban J connectivity index is 4.35. The van der Waals surface area contributed by atoms with Crippen LogP contribution >= 0.6 is 0 Å². The Labute approximate surface area is 135 Å². The van der Waals surface area contributed by atoms with E-state index in [1.165, 1.54) is 64.2 Å². The summed E-state index contributed by atoms with van der Waals surface area (Å²) in [7, 11) is 0. The van der Waals surface area contributed by atoms with Crippen LogP contribution in [0.2, 0.25) is 0 Å². The average molecular weight is 299 g/mol. The predicted molar refractivity (Wildman–Crippen MR) is 95.9 cm³/mol. The van der Waals surface area contributed by atoms with Crippen LogP contribution in [0.15, 0.2) is 0 Å². The maximum Gasteiger partial charge on any atom is 0.0579 e. The molecule has 0 saturated heterocycles. The summed E-state index contributed by atoms with van der Waals surface area (Å²) in [6.07, 6.45) is 13.8. The highest BCUT2D eigenvalue weighted by molar-refractivity contribution is 4.67. The van der Waals surface area contributed by atoms with Gasteiger partial charge in [0, 0.05) is 0 Å². The first kappa shape index (κ1) is 21.0. The summed E-state index contributed by atoms with van der Waals surface area (Å²) in [6.45, 7) is 13.9. The molecular weight excluding hydrogens is 256 g/mol. The van der Waals surface area contributed by atoms with Gasteiger partial charge in [0.05, 0.1) is 12.2 Å². The minimum atomic E-state index is 0.501. The van der Waals surface area contributed by atoms with Crippen molar-refractivity contribution in [2.45, 2.75) is 118 Å². The molecule has 0 spiro atoms. The van der Waals surface area contributed by atoms with Crippen LogP contribution in [-0.4, -0.2) is 12.2 Å². The Bertz CT molecular complexity index is 188. The predicted octanol–water partition coefficient (Wildman–Crippen LogP) is 6.99. The van der Waals surface area contributed by atoms with Gasteiger partial charge in [0.1, 0.15) is 0 Å². The Hall–Kier alpha value is -0.0400.